The first-order valence-electron chi connectivity index (χ1n) is 8.59. The first-order valence-corrected chi connectivity index (χ1v) is 8.59. The lowest BCUT2D eigenvalue weighted by Crippen LogP contribution is -2.47. The normalized spacial score (nSPS) is 14.6. The van der Waals surface area contributed by atoms with Crippen molar-refractivity contribution < 1.29 is 29.0 Å². The summed E-state index contributed by atoms with van der Waals surface area (Å²) in [6, 6.07) is 4.65. The average Bonchev–Trinajstić information content (AvgIpc) is 2.63. The Kier molecular flexibility index (Phi) is 6.82. The van der Waals surface area contributed by atoms with Gasteiger partial charge in [-0.2, -0.15) is 0 Å². The molecule has 1 aromatic carbocycles. The zero-order valence-electron chi connectivity index (χ0n) is 15.0. The largest absolute Gasteiger partial charge is 0.507 e. The van der Waals surface area contributed by atoms with Crippen LogP contribution in [0, 0.1) is 6.92 Å². The van der Waals surface area contributed by atoms with Gasteiger partial charge in [0.25, 0.3) is 5.91 Å². The van der Waals surface area contributed by atoms with Crippen molar-refractivity contribution in [2.45, 2.75) is 32.7 Å². The highest BCUT2D eigenvalue weighted by Gasteiger charge is 2.25. The second-order valence-corrected chi connectivity index (χ2v) is 6.07. The van der Waals surface area contributed by atoms with Crippen LogP contribution < -0.4 is 5.32 Å². The van der Waals surface area contributed by atoms with Crippen molar-refractivity contribution in [1.29, 1.82) is 0 Å². The Bertz CT molecular complexity index is 668. The summed E-state index contributed by atoms with van der Waals surface area (Å²) in [5, 5.41) is 12.6. The molecule has 1 heterocycles. The smallest absolute Gasteiger partial charge is 0.409 e. The second kappa shape index (κ2) is 9.07. The minimum absolute atomic E-state index is 0.0283. The summed E-state index contributed by atoms with van der Waals surface area (Å²) in [6.45, 7) is 4.33. The first-order chi connectivity index (χ1) is 12.4. The van der Waals surface area contributed by atoms with Crippen LogP contribution >= 0.6 is 0 Å². The fourth-order valence-corrected chi connectivity index (χ4v) is 2.72. The van der Waals surface area contributed by atoms with Gasteiger partial charge in [-0.05, 0) is 38.3 Å². The second-order valence-electron chi connectivity index (χ2n) is 6.07. The maximum atomic E-state index is 12.0. The average molecular weight is 364 g/mol. The molecule has 0 aromatic heterocycles. The van der Waals surface area contributed by atoms with Crippen LogP contribution in [0.15, 0.2) is 18.2 Å². The van der Waals surface area contributed by atoms with Crippen molar-refractivity contribution in [2.75, 3.05) is 26.3 Å². The molecule has 0 radical (unpaired) electrons. The number of aryl methyl sites for hydroxylation is 1. The summed E-state index contributed by atoms with van der Waals surface area (Å²) in [5.74, 6) is -1.32. The van der Waals surface area contributed by atoms with E-state index in [9.17, 15) is 19.5 Å². The monoisotopic (exact) mass is 364 g/mol. The van der Waals surface area contributed by atoms with E-state index in [1.807, 2.05) is 0 Å². The number of amides is 2. The fourth-order valence-electron chi connectivity index (χ4n) is 2.72. The van der Waals surface area contributed by atoms with Gasteiger partial charge in [0.1, 0.15) is 11.3 Å². The summed E-state index contributed by atoms with van der Waals surface area (Å²) >= 11 is 0. The summed E-state index contributed by atoms with van der Waals surface area (Å²) in [6.07, 6.45) is 0.873. The van der Waals surface area contributed by atoms with Gasteiger partial charge in [-0.1, -0.05) is 12.1 Å². The number of rotatable bonds is 5. The van der Waals surface area contributed by atoms with Crippen molar-refractivity contribution in [3.63, 3.8) is 0 Å². The molecule has 1 aliphatic heterocycles. The maximum absolute atomic E-state index is 12.0. The van der Waals surface area contributed by atoms with Gasteiger partial charge in [-0.3, -0.25) is 4.79 Å². The number of piperidine rings is 1. The number of hydrogen-bond acceptors (Lipinski definition) is 6. The number of para-hydroxylation sites is 1. The van der Waals surface area contributed by atoms with Crippen molar-refractivity contribution in [3.05, 3.63) is 29.3 Å². The molecule has 8 heteroatoms. The van der Waals surface area contributed by atoms with Crippen LogP contribution in [0.4, 0.5) is 4.79 Å². The van der Waals surface area contributed by atoms with Crippen LogP contribution in [0.5, 0.6) is 5.75 Å². The minimum atomic E-state index is -0.751. The molecule has 26 heavy (non-hydrogen) atoms. The van der Waals surface area contributed by atoms with E-state index in [-0.39, 0.29) is 23.4 Å². The highest BCUT2D eigenvalue weighted by Crippen LogP contribution is 2.22. The number of nitrogens with one attached hydrogen (secondary N) is 1. The molecule has 0 aliphatic carbocycles. The van der Waals surface area contributed by atoms with Crippen molar-refractivity contribution in [1.82, 2.24) is 10.2 Å². The number of esters is 1. The molecule has 1 aliphatic rings. The quantitative estimate of drug-likeness (QED) is 0.769. The molecule has 2 amide bonds. The Morgan fingerprint density at radius 2 is 1.92 bits per heavy atom. The van der Waals surface area contributed by atoms with Gasteiger partial charge in [0, 0.05) is 19.1 Å². The SMILES string of the molecule is CCOC(=O)N1CCC(NC(=O)COC(=O)c2cccc(C)c2O)CC1. The predicted molar refractivity (Wildman–Crippen MR) is 92.9 cm³/mol. The zero-order valence-corrected chi connectivity index (χ0v) is 15.0. The topological polar surface area (TPSA) is 105 Å². The molecule has 0 saturated carbocycles. The van der Waals surface area contributed by atoms with Gasteiger partial charge in [-0.25, -0.2) is 9.59 Å². The lowest BCUT2D eigenvalue weighted by molar-refractivity contribution is -0.125. The van der Waals surface area contributed by atoms with Crippen molar-refractivity contribution in [2.24, 2.45) is 0 Å². The van der Waals surface area contributed by atoms with Gasteiger partial charge in [-0.15, -0.1) is 0 Å². The van der Waals surface area contributed by atoms with E-state index >= 15 is 0 Å². The van der Waals surface area contributed by atoms with E-state index in [0.717, 1.165) is 0 Å². The van der Waals surface area contributed by atoms with Gasteiger partial charge >= 0.3 is 12.1 Å². The van der Waals surface area contributed by atoms with Crippen LogP contribution in [0.2, 0.25) is 0 Å². The van der Waals surface area contributed by atoms with E-state index in [2.05, 4.69) is 5.32 Å². The third kappa shape index (κ3) is 5.11. The molecule has 0 spiro atoms. The highest BCUT2D eigenvalue weighted by molar-refractivity contribution is 5.94. The van der Waals surface area contributed by atoms with Crippen LogP contribution in [-0.2, 0) is 14.3 Å². The first kappa shape index (κ1) is 19.6. The molecule has 1 fully saturated rings. The molecule has 1 aromatic rings. The summed E-state index contributed by atoms with van der Waals surface area (Å²) < 4.78 is 9.91. The molecule has 142 valence electrons. The van der Waals surface area contributed by atoms with Gasteiger partial charge in [0.05, 0.1) is 6.61 Å². The Hall–Kier alpha value is -2.77. The third-order valence-corrected chi connectivity index (χ3v) is 4.18. The number of ether oxygens (including phenoxy) is 2. The van der Waals surface area contributed by atoms with Crippen molar-refractivity contribution >= 4 is 18.0 Å². The molecule has 2 rings (SSSR count). The lowest BCUT2D eigenvalue weighted by atomic mass is 10.1. The number of hydrogen-bond donors (Lipinski definition) is 2. The molecule has 0 unspecified atom stereocenters. The number of nitrogens with zero attached hydrogens (tertiary/aromatic N) is 1. The summed E-state index contributed by atoms with van der Waals surface area (Å²) in [5.41, 5.74) is 0.581. The van der Waals surface area contributed by atoms with Crippen LogP contribution in [0.3, 0.4) is 0 Å². The van der Waals surface area contributed by atoms with Crippen molar-refractivity contribution in [3.8, 4) is 5.75 Å². The van der Waals surface area contributed by atoms with Crippen LogP contribution in [0.1, 0.15) is 35.7 Å². The van der Waals surface area contributed by atoms with E-state index in [1.54, 1.807) is 30.9 Å². The van der Waals surface area contributed by atoms with Crippen LogP contribution in [-0.4, -0.2) is 60.3 Å². The zero-order chi connectivity index (χ0) is 19.1. The predicted octanol–water partition coefficient (Wildman–Crippen LogP) is 1.59. The number of benzene rings is 1. The third-order valence-electron chi connectivity index (χ3n) is 4.18. The summed E-state index contributed by atoms with van der Waals surface area (Å²) in [7, 11) is 0. The van der Waals surface area contributed by atoms with Gasteiger partial charge in [0.15, 0.2) is 6.61 Å². The van der Waals surface area contributed by atoms with E-state index in [0.29, 0.717) is 38.1 Å². The molecule has 0 atom stereocenters. The number of carbonyl (C=O) groups is 3. The standard InChI is InChI=1S/C18H24N2O6/c1-3-25-18(24)20-9-7-13(8-10-20)19-15(21)11-26-17(23)14-6-4-5-12(2)16(14)22/h4-6,13,22H,3,7-11H2,1-2H3,(H,19,21). The number of aromatic hydroxyl groups is 1. The number of phenols is 1. The number of carbonyl (C=O) groups excluding carboxylic acids is 3. The lowest BCUT2D eigenvalue weighted by Gasteiger charge is -2.31. The molecule has 1 saturated heterocycles. The maximum Gasteiger partial charge on any atom is 0.409 e. The minimum Gasteiger partial charge on any atom is -0.507 e. The molecule has 8 nitrogen and oxygen atoms in total. The van der Waals surface area contributed by atoms with E-state index < -0.39 is 18.5 Å². The Balaban J connectivity index is 1.75. The number of likely N-dealkylation sites (tertiary alicyclic amines) is 1. The molecular weight excluding hydrogens is 340 g/mol. The number of phenolic OH excluding ortho intramolecular Hbond substituents is 1. The highest BCUT2D eigenvalue weighted by atomic mass is 16.6. The Morgan fingerprint density at radius 1 is 1.23 bits per heavy atom. The van der Waals surface area contributed by atoms with Crippen LogP contribution in [0.25, 0.3) is 0 Å². The van der Waals surface area contributed by atoms with Gasteiger partial charge in [0.2, 0.25) is 0 Å². The fraction of sp³-hybridized carbons (Fsp3) is 0.500. The Morgan fingerprint density at radius 3 is 2.58 bits per heavy atom. The van der Waals surface area contributed by atoms with Gasteiger partial charge < -0.3 is 24.8 Å². The molecular formula is C18H24N2O6. The molecule has 0 bridgehead atoms. The summed E-state index contributed by atoms with van der Waals surface area (Å²) in [4.78, 5) is 37.2. The molecule has 2 N–H and O–H groups in total. The Labute approximate surface area is 152 Å². The van der Waals surface area contributed by atoms with E-state index in [4.69, 9.17) is 9.47 Å². The van der Waals surface area contributed by atoms with E-state index in [1.165, 1.54) is 6.07 Å².